The van der Waals surface area contributed by atoms with Crippen molar-refractivity contribution in [2.24, 2.45) is 20.7 Å². The van der Waals surface area contributed by atoms with E-state index in [9.17, 15) is 0 Å². The molecule has 0 spiro atoms. The van der Waals surface area contributed by atoms with Gasteiger partial charge in [-0.2, -0.15) is 0 Å². The highest BCUT2D eigenvalue weighted by molar-refractivity contribution is 7.82. The molecule has 56 valence electrons. The van der Waals surface area contributed by atoms with E-state index < -0.39 is 0 Å². The van der Waals surface area contributed by atoms with Crippen molar-refractivity contribution in [3.8, 4) is 0 Å². The second kappa shape index (κ2) is 2.09. The van der Waals surface area contributed by atoms with Gasteiger partial charge in [-0.25, -0.2) is 15.0 Å². The summed E-state index contributed by atoms with van der Waals surface area (Å²) < 4.78 is 0. The summed E-state index contributed by atoms with van der Waals surface area (Å²) in [5.74, 6) is 0.304. The second-order valence-corrected chi connectivity index (χ2v) is 2.53. The monoisotopic (exact) mass is 167 g/mol. The van der Waals surface area contributed by atoms with Crippen LogP contribution in [-0.2, 0) is 0 Å². The lowest BCUT2D eigenvalue weighted by Gasteiger charge is -2.15. The molecule has 0 fully saturated rings. The van der Waals surface area contributed by atoms with E-state index in [1.54, 1.807) is 0 Å². The topological polar surface area (TPSA) is 75.1 Å². The summed E-state index contributed by atoms with van der Waals surface area (Å²) in [5, 5.41) is 2.70. The van der Waals surface area contributed by atoms with Crippen molar-refractivity contribution in [1.29, 1.82) is 0 Å². The quantitative estimate of drug-likeness (QED) is 0.456. The van der Waals surface area contributed by atoms with Gasteiger partial charge < -0.3 is 11.1 Å². The van der Waals surface area contributed by atoms with E-state index in [0.717, 1.165) is 0 Å². The zero-order valence-corrected chi connectivity index (χ0v) is 6.30. The summed E-state index contributed by atoms with van der Waals surface area (Å²) >= 11 is 4.94. The fourth-order valence-corrected chi connectivity index (χ4v) is 1.17. The lowest BCUT2D eigenvalue weighted by atomic mass is 10.3. The molecule has 0 saturated heterocycles. The highest BCUT2D eigenvalue weighted by Gasteiger charge is 2.25. The van der Waals surface area contributed by atoms with Gasteiger partial charge in [0.05, 0.1) is 0 Å². The number of nitrogens with two attached hydrogens (primary N) is 1. The predicted molar refractivity (Wildman–Crippen MR) is 47.1 cm³/mol. The molecule has 0 aromatic carbocycles. The maximum atomic E-state index is 5.40. The van der Waals surface area contributed by atoms with E-state index in [0.29, 0.717) is 16.7 Å². The van der Waals surface area contributed by atoms with Crippen LogP contribution in [0.2, 0.25) is 0 Å². The Balaban J connectivity index is 2.42. The number of hydrogen-bond acceptors (Lipinski definition) is 5. The fourth-order valence-electron chi connectivity index (χ4n) is 0.911. The smallest absolute Gasteiger partial charge is 0.196 e. The first-order chi connectivity index (χ1) is 5.27. The molecule has 5 nitrogen and oxygen atoms in total. The average Bonchev–Trinajstić information content (AvgIpc) is 2.34. The Morgan fingerprint density at radius 2 is 2.45 bits per heavy atom. The van der Waals surface area contributed by atoms with Gasteiger partial charge >= 0.3 is 0 Å². The zero-order valence-electron chi connectivity index (χ0n) is 5.48. The van der Waals surface area contributed by atoms with Crippen LogP contribution in [0.4, 0.5) is 0 Å². The van der Waals surface area contributed by atoms with Crippen LogP contribution in [0.5, 0.6) is 0 Å². The molecular weight excluding hydrogens is 162 g/mol. The van der Waals surface area contributed by atoms with E-state index in [1.807, 2.05) is 0 Å². The molecule has 0 bridgehead atoms. The van der Waals surface area contributed by atoms with Crippen LogP contribution in [0.1, 0.15) is 0 Å². The van der Waals surface area contributed by atoms with Crippen LogP contribution in [-0.4, -0.2) is 29.2 Å². The second-order valence-electron chi connectivity index (χ2n) is 2.12. The lowest BCUT2D eigenvalue weighted by molar-refractivity contribution is 0.926. The maximum Gasteiger partial charge on any atom is 0.196 e. The van der Waals surface area contributed by atoms with E-state index in [-0.39, 0.29) is 6.17 Å². The third kappa shape index (κ3) is 0.911. The fraction of sp³-hybridized carbons (Fsp3) is 0.200. The highest BCUT2D eigenvalue weighted by atomic mass is 32.1. The van der Waals surface area contributed by atoms with Crippen molar-refractivity contribution in [2.45, 2.75) is 6.17 Å². The van der Waals surface area contributed by atoms with Crippen molar-refractivity contribution in [3.05, 3.63) is 0 Å². The predicted octanol–water partition coefficient (Wildman–Crippen LogP) is -0.959. The van der Waals surface area contributed by atoms with Crippen molar-refractivity contribution in [2.75, 3.05) is 0 Å². The Bertz CT molecular complexity index is 302. The first-order valence-electron chi connectivity index (χ1n) is 3.01. The molecule has 1 unspecified atom stereocenters. The standard InChI is InChI=1S/C5H5N5S/c6-5-9-3-2(4(11)10-5)7-1-8-3/h1,3H,(H3,6,9,10,11). The first kappa shape index (κ1) is 6.41. The number of aliphatic imine (C=N–C) groups is 3. The normalized spacial score (nSPS) is 27.3. The Morgan fingerprint density at radius 1 is 1.64 bits per heavy atom. The molecule has 0 aromatic heterocycles. The molecule has 0 aromatic rings. The minimum Gasteiger partial charge on any atom is -0.370 e. The van der Waals surface area contributed by atoms with Gasteiger partial charge in [0.15, 0.2) is 12.1 Å². The molecule has 11 heavy (non-hydrogen) atoms. The third-order valence-corrected chi connectivity index (χ3v) is 1.70. The van der Waals surface area contributed by atoms with Crippen molar-refractivity contribution < 1.29 is 0 Å². The van der Waals surface area contributed by atoms with E-state index in [2.05, 4.69) is 20.3 Å². The summed E-state index contributed by atoms with van der Waals surface area (Å²) in [6.45, 7) is 0. The molecule has 6 heteroatoms. The van der Waals surface area contributed by atoms with Crippen LogP contribution in [0, 0.1) is 0 Å². The molecule has 2 rings (SSSR count). The molecular formula is C5H5N5S. The van der Waals surface area contributed by atoms with Gasteiger partial charge in [0.2, 0.25) is 0 Å². The van der Waals surface area contributed by atoms with Crippen molar-refractivity contribution in [3.63, 3.8) is 0 Å². The highest BCUT2D eigenvalue weighted by Crippen LogP contribution is 2.07. The molecule has 1 atom stereocenters. The summed E-state index contributed by atoms with van der Waals surface area (Å²) in [5.41, 5.74) is 6.08. The van der Waals surface area contributed by atoms with E-state index in [1.165, 1.54) is 6.34 Å². The van der Waals surface area contributed by atoms with Crippen LogP contribution < -0.4 is 11.1 Å². The average molecular weight is 167 g/mol. The first-order valence-corrected chi connectivity index (χ1v) is 3.42. The summed E-state index contributed by atoms with van der Waals surface area (Å²) in [7, 11) is 0. The van der Waals surface area contributed by atoms with Gasteiger partial charge in [-0.15, -0.1) is 0 Å². The van der Waals surface area contributed by atoms with E-state index >= 15 is 0 Å². The van der Waals surface area contributed by atoms with Gasteiger partial charge in [0.1, 0.15) is 17.0 Å². The maximum absolute atomic E-state index is 5.40. The number of fused-ring (bicyclic) bond motifs is 1. The minimum absolute atomic E-state index is 0.302. The van der Waals surface area contributed by atoms with Crippen molar-refractivity contribution in [1.82, 2.24) is 5.32 Å². The van der Waals surface area contributed by atoms with Gasteiger partial charge in [0, 0.05) is 0 Å². The molecule has 0 radical (unpaired) electrons. The Kier molecular flexibility index (Phi) is 1.22. The Hall–Kier alpha value is -1.30. The summed E-state index contributed by atoms with van der Waals surface area (Å²) in [4.78, 5) is 12.3. The zero-order chi connectivity index (χ0) is 7.84. The van der Waals surface area contributed by atoms with Gasteiger partial charge in [-0.1, -0.05) is 12.2 Å². The van der Waals surface area contributed by atoms with Gasteiger partial charge in [0.25, 0.3) is 0 Å². The number of guanidine groups is 1. The number of nitrogens with zero attached hydrogens (tertiary/aromatic N) is 3. The summed E-state index contributed by atoms with van der Waals surface area (Å²) in [6, 6.07) is 0. The van der Waals surface area contributed by atoms with Gasteiger partial charge in [-0.3, -0.25) is 0 Å². The third-order valence-electron chi connectivity index (χ3n) is 1.38. The van der Waals surface area contributed by atoms with Crippen LogP contribution in [0.15, 0.2) is 15.0 Å². The molecule has 2 aliphatic rings. The number of rotatable bonds is 0. The number of hydrogen-bond donors (Lipinski definition) is 2. The molecule has 2 heterocycles. The van der Waals surface area contributed by atoms with Crippen LogP contribution in [0.25, 0.3) is 0 Å². The molecule has 3 N–H and O–H groups in total. The number of nitrogens with one attached hydrogen (secondary N) is 1. The molecule has 0 amide bonds. The SMILES string of the molecule is NC1=NC2N=CN=C2C(=S)N1. The summed E-state index contributed by atoms with van der Waals surface area (Å²) in [6.07, 6.45) is 1.14. The largest absolute Gasteiger partial charge is 0.370 e. The van der Waals surface area contributed by atoms with E-state index in [4.69, 9.17) is 18.0 Å². The molecule has 2 aliphatic heterocycles. The van der Waals surface area contributed by atoms with Crippen LogP contribution >= 0.6 is 12.2 Å². The van der Waals surface area contributed by atoms with Crippen molar-refractivity contribution >= 4 is 35.2 Å². The molecule has 0 saturated carbocycles. The minimum atomic E-state index is -0.302. The van der Waals surface area contributed by atoms with Crippen LogP contribution in [0.3, 0.4) is 0 Å². The molecule has 0 aliphatic carbocycles. The Labute approximate surface area is 68.1 Å². The lowest BCUT2D eigenvalue weighted by Crippen LogP contribution is -2.47. The van der Waals surface area contributed by atoms with Gasteiger partial charge in [-0.05, 0) is 0 Å². The number of thiocarbonyl (C=S) groups is 1. The Morgan fingerprint density at radius 3 is 3.27 bits per heavy atom.